The van der Waals surface area contributed by atoms with Crippen molar-refractivity contribution in [3.8, 4) is 0 Å². The van der Waals surface area contributed by atoms with Gasteiger partial charge in [0.25, 0.3) is 0 Å². The molecular formula is C9H16O2. The molecule has 0 bridgehead atoms. The van der Waals surface area contributed by atoms with Crippen molar-refractivity contribution in [2.24, 2.45) is 0 Å². The highest BCUT2D eigenvalue weighted by Crippen LogP contribution is 2.06. The molecule has 0 amide bonds. The van der Waals surface area contributed by atoms with Crippen molar-refractivity contribution < 1.29 is 11.3 Å². The smallest absolute Gasteiger partial charge is 0.331 e. The van der Waals surface area contributed by atoms with Gasteiger partial charge in [0.2, 0.25) is 0 Å². The van der Waals surface area contributed by atoms with E-state index in [0.29, 0.717) is 12.8 Å². The second kappa shape index (κ2) is 5.96. The molecule has 0 unspecified atom stereocenters. The predicted octanol–water partition coefficient (Wildman–Crippen LogP) is 2.60. The molecule has 0 heterocycles. The fourth-order valence-electron chi connectivity index (χ4n) is 0.797. The van der Waals surface area contributed by atoms with Crippen LogP contribution in [-0.2, 0) is 4.79 Å². The van der Waals surface area contributed by atoms with Gasteiger partial charge in [-0.25, -0.2) is 4.79 Å². The van der Waals surface area contributed by atoms with E-state index in [2.05, 4.69) is 0 Å². The molecular weight excluding hydrogens is 140 g/mol. The van der Waals surface area contributed by atoms with Crippen molar-refractivity contribution >= 4 is 5.97 Å². The summed E-state index contributed by atoms with van der Waals surface area (Å²) in [6.45, 7) is 3.86. The summed E-state index contributed by atoms with van der Waals surface area (Å²) >= 11 is 0. The number of rotatable bonds is 5. The Morgan fingerprint density at radius 2 is 2.18 bits per heavy atom. The molecule has 0 rings (SSSR count). The van der Waals surface area contributed by atoms with Crippen LogP contribution < -0.4 is 0 Å². The molecule has 0 atom stereocenters. The highest BCUT2D eigenvalue weighted by Gasteiger charge is 2.03. The highest BCUT2D eigenvalue weighted by atomic mass is 16.4. The minimum atomic E-state index is -0.935. The van der Waals surface area contributed by atoms with E-state index in [1.807, 2.05) is 13.8 Å². The van der Waals surface area contributed by atoms with E-state index in [-0.39, 0.29) is 11.6 Å². The van der Waals surface area contributed by atoms with E-state index in [1.54, 1.807) is 0 Å². The lowest BCUT2D eigenvalue weighted by atomic mass is 10.1. The van der Waals surface area contributed by atoms with Gasteiger partial charge in [0.1, 0.15) is 0 Å². The average Bonchev–Trinajstić information content (AvgIpc) is 1.99. The van der Waals surface area contributed by atoms with Crippen LogP contribution in [0.3, 0.4) is 0 Å². The molecule has 64 valence electrons. The fraction of sp³-hybridized carbons (Fsp3) is 0.667. The summed E-state index contributed by atoms with van der Waals surface area (Å²) in [5, 5.41) is 8.72. The Hall–Kier alpha value is -0.790. The van der Waals surface area contributed by atoms with Crippen LogP contribution in [0.5, 0.6) is 0 Å². The van der Waals surface area contributed by atoms with Gasteiger partial charge in [-0.1, -0.05) is 32.7 Å². The van der Waals surface area contributed by atoms with Gasteiger partial charge in [0.05, 0.1) is 1.37 Å². The Morgan fingerprint density at radius 1 is 1.55 bits per heavy atom. The van der Waals surface area contributed by atoms with Crippen LogP contribution >= 0.6 is 0 Å². The van der Waals surface area contributed by atoms with Crippen molar-refractivity contribution in [2.75, 3.05) is 0 Å². The standard InChI is InChI=1S/C9H16O2/c1-3-5-7-8(6-4-2)9(10)11/h7H,3-6H2,1-2H3,(H,10,11)/b8-7+/i7D. The summed E-state index contributed by atoms with van der Waals surface area (Å²) in [5.74, 6) is -0.935. The molecule has 2 nitrogen and oxygen atoms in total. The lowest BCUT2D eigenvalue weighted by molar-refractivity contribution is -0.132. The SMILES string of the molecule is [2H]/C(CCC)=C(/CCC)C(=O)O. The third-order valence-electron chi connectivity index (χ3n) is 1.35. The van der Waals surface area contributed by atoms with Crippen LogP contribution in [0.1, 0.15) is 40.9 Å². The third kappa shape index (κ3) is 4.59. The minimum Gasteiger partial charge on any atom is -0.478 e. The molecule has 0 aromatic carbocycles. The summed E-state index contributed by atoms with van der Waals surface area (Å²) in [4.78, 5) is 10.6. The lowest BCUT2D eigenvalue weighted by Crippen LogP contribution is -1.99. The van der Waals surface area contributed by atoms with Crippen LogP contribution in [-0.4, -0.2) is 11.1 Å². The van der Waals surface area contributed by atoms with Gasteiger partial charge >= 0.3 is 5.97 Å². The molecule has 11 heavy (non-hydrogen) atoms. The molecule has 2 heteroatoms. The quantitative estimate of drug-likeness (QED) is 0.623. The summed E-state index contributed by atoms with van der Waals surface area (Å²) in [7, 11) is 0. The number of carboxylic acid groups (broad SMARTS) is 1. The summed E-state index contributed by atoms with van der Waals surface area (Å²) in [6, 6.07) is 0.284. The maximum absolute atomic E-state index is 10.6. The Labute approximate surface area is 69.3 Å². The molecule has 0 aromatic rings. The van der Waals surface area contributed by atoms with E-state index < -0.39 is 5.97 Å². The van der Waals surface area contributed by atoms with Crippen molar-refractivity contribution in [3.05, 3.63) is 11.6 Å². The molecule has 0 saturated heterocycles. The van der Waals surface area contributed by atoms with Crippen molar-refractivity contribution in [2.45, 2.75) is 39.5 Å². The van der Waals surface area contributed by atoms with Gasteiger partial charge in [-0.15, -0.1) is 0 Å². The topological polar surface area (TPSA) is 37.3 Å². The van der Waals surface area contributed by atoms with Gasteiger partial charge in [-0.3, -0.25) is 0 Å². The molecule has 0 aliphatic carbocycles. The van der Waals surface area contributed by atoms with Crippen molar-refractivity contribution in [1.82, 2.24) is 0 Å². The third-order valence-corrected chi connectivity index (χ3v) is 1.35. The number of hydrogen-bond donors (Lipinski definition) is 1. The Bertz CT molecular complexity index is 185. The minimum absolute atomic E-state index is 0.277. The number of carboxylic acids is 1. The summed E-state index contributed by atoms with van der Waals surface area (Å²) in [6.07, 6.45) is 2.70. The first kappa shape index (κ1) is 8.31. The first-order valence-electron chi connectivity index (χ1n) is 4.55. The average molecular weight is 157 g/mol. The second-order valence-electron chi connectivity index (χ2n) is 2.46. The lowest BCUT2D eigenvalue weighted by Gasteiger charge is -1.97. The van der Waals surface area contributed by atoms with E-state index in [4.69, 9.17) is 6.48 Å². The van der Waals surface area contributed by atoms with E-state index in [9.17, 15) is 4.79 Å². The monoisotopic (exact) mass is 157 g/mol. The normalized spacial score (nSPS) is 13.8. The molecule has 0 spiro atoms. The zero-order valence-electron chi connectivity index (χ0n) is 8.18. The van der Waals surface area contributed by atoms with Gasteiger partial charge < -0.3 is 5.11 Å². The zero-order valence-corrected chi connectivity index (χ0v) is 7.18. The van der Waals surface area contributed by atoms with Crippen molar-refractivity contribution in [1.29, 1.82) is 0 Å². The van der Waals surface area contributed by atoms with Crippen molar-refractivity contribution in [3.63, 3.8) is 0 Å². The highest BCUT2D eigenvalue weighted by molar-refractivity contribution is 5.86. The zero-order chi connectivity index (χ0) is 9.56. The van der Waals surface area contributed by atoms with Crippen LogP contribution in [0.25, 0.3) is 0 Å². The van der Waals surface area contributed by atoms with Gasteiger partial charge in [0.15, 0.2) is 0 Å². The maximum atomic E-state index is 10.6. The molecule has 0 aliphatic heterocycles. The van der Waals surface area contributed by atoms with Gasteiger partial charge in [0, 0.05) is 5.57 Å². The first-order chi connectivity index (χ1) is 5.63. The number of carbonyl (C=O) groups is 1. The first-order valence-corrected chi connectivity index (χ1v) is 4.05. The van der Waals surface area contributed by atoms with E-state index in [0.717, 1.165) is 12.8 Å². The van der Waals surface area contributed by atoms with Crippen LogP contribution in [0.2, 0.25) is 0 Å². The Morgan fingerprint density at radius 3 is 2.55 bits per heavy atom. The Balaban J connectivity index is 4.43. The molecule has 0 aliphatic rings. The fourth-order valence-corrected chi connectivity index (χ4v) is 0.797. The van der Waals surface area contributed by atoms with Crippen LogP contribution in [0.4, 0.5) is 0 Å². The summed E-state index contributed by atoms with van der Waals surface area (Å²) in [5.41, 5.74) is 0.277. The molecule has 0 aromatic heterocycles. The number of hydrogen-bond acceptors (Lipinski definition) is 1. The number of allylic oxidation sites excluding steroid dienone is 1. The molecule has 1 N–H and O–H groups in total. The molecule has 0 fully saturated rings. The Kier molecular flexibility index (Phi) is 4.50. The maximum Gasteiger partial charge on any atom is 0.331 e. The molecule has 0 radical (unpaired) electrons. The molecule has 0 saturated carbocycles. The van der Waals surface area contributed by atoms with Crippen LogP contribution in [0.15, 0.2) is 11.6 Å². The largest absolute Gasteiger partial charge is 0.478 e. The van der Waals surface area contributed by atoms with Gasteiger partial charge in [-0.2, -0.15) is 0 Å². The van der Waals surface area contributed by atoms with E-state index >= 15 is 0 Å². The second-order valence-corrected chi connectivity index (χ2v) is 2.46. The number of aliphatic carboxylic acids is 1. The van der Waals surface area contributed by atoms with E-state index in [1.165, 1.54) is 0 Å². The predicted molar refractivity (Wildman–Crippen MR) is 45.5 cm³/mol. The van der Waals surface area contributed by atoms with Crippen LogP contribution in [0, 0.1) is 0 Å². The van der Waals surface area contributed by atoms with Gasteiger partial charge in [-0.05, 0) is 12.8 Å². The summed E-state index contributed by atoms with van der Waals surface area (Å²) < 4.78 is 7.46.